The standard InChI is InChI=1S/C12H7NO2/c14-11-10-8-5-3-1-2-4-7(8)6-9(10)13-12(11)15/h1-6H,(H,13,14,15). The van der Waals surface area contributed by atoms with Gasteiger partial charge in [0.05, 0.1) is 11.3 Å². The zero-order valence-electron chi connectivity index (χ0n) is 7.78. The lowest BCUT2D eigenvalue weighted by Gasteiger charge is -1.93. The van der Waals surface area contributed by atoms with Gasteiger partial charge in [-0.1, -0.05) is 30.3 Å². The van der Waals surface area contributed by atoms with Crippen LogP contribution in [0.25, 0.3) is 11.1 Å². The van der Waals surface area contributed by atoms with Crippen molar-refractivity contribution in [1.29, 1.82) is 0 Å². The Bertz CT molecular complexity index is 560. The molecule has 3 heteroatoms. The molecule has 0 fully saturated rings. The number of rotatable bonds is 0. The van der Waals surface area contributed by atoms with Gasteiger partial charge in [-0.05, 0) is 17.2 Å². The van der Waals surface area contributed by atoms with Crippen molar-refractivity contribution in [3.05, 3.63) is 42.0 Å². The van der Waals surface area contributed by atoms with Crippen molar-refractivity contribution >= 4 is 17.4 Å². The lowest BCUT2D eigenvalue weighted by Crippen LogP contribution is -2.13. The average Bonchev–Trinajstić information content (AvgIpc) is 2.55. The zero-order chi connectivity index (χ0) is 10.4. The van der Waals surface area contributed by atoms with Crippen molar-refractivity contribution in [3.63, 3.8) is 0 Å². The molecule has 3 nitrogen and oxygen atoms in total. The largest absolute Gasteiger partial charge is 0.318 e. The van der Waals surface area contributed by atoms with Gasteiger partial charge in [-0.2, -0.15) is 0 Å². The van der Waals surface area contributed by atoms with Gasteiger partial charge in [0.1, 0.15) is 0 Å². The minimum Gasteiger partial charge on any atom is -0.318 e. The molecule has 0 aromatic heterocycles. The first-order chi connectivity index (χ1) is 7.27. The number of carbonyl (C=O) groups is 2. The van der Waals surface area contributed by atoms with Crippen molar-refractivity contribution in [2.75, 3.05) is 5.32 Å². The molecule has 1 amide bonds. The van der Waals surface area contributed by atoms with Crippen LogP contribution in [0.1, 0.15) is 10.4 Å². The Morgan fingerprint density at radius 2 is 1.80 bits per heavy atom. The molecule has 15 heavy (non-hydrogen) atoms. The number of hydrogen-bond donors (Lipinski definition) is 1. The van der Waals surface area contributed by atoms with Crippen LogP contribution in [0.4, 0.5) is 5.69 Å². The summed E-state index contributed by atoms with van der Waals surface area (Å²) >= 11 is 0. The molecule has 1 N–H and O–H groups in total. The van der Waals surface area contributed by atoms with Gasteiger partial charge in [-0.15, -0.1) is 0 Å². The lowest BCUT2D eigenvalue weighted by atomic mass is 10.1. The first kappa shape index (κ1) is 8.17. The Balaban J connectivity index is 2.36. The molecule has 0 saturated heterocycles. The van der Waals surface area contributed by atoms with Crippen LogP contribution in [0.15, 0.2) is 36.4 Å². The smallest absolute Gasteiger partial charge is 0.296 e. The van der Waals surface area contributed by atoms with Gasteiger partial charge in [-0.25, -0.2) is 0 Å². The number of amides is 1. The lowest BCUT2D eigenvalue weighted by molar-refractivity contribution is -0.112. The predicted octanol–water partition coefficient (Wildman–Crippen LogP) is 1.93. The van der Waals surface area contributed by atoms with Gasteiger partial charge in [0, 0.05) is 0 Å². The second-order valence-electron chi connectivity index (χ2n) is 3.50. The molecule has 1 heterocycles. The number of nitrogens with one attached hydrogen (secondary N) is 1. The first-order valence-electron chi connectivity index (χ1n) is 4.65. The van der Waals surface area contributed by atoms with Gasteiger partial charge in [-0.3, -0.25) is 9.59 Å². The van der Waals surface area contributed by atoms with Crippen LogP contribution in [-0.2, 0) is 4.79 Å². The Morgan fingerprint density at radius 1 is 1.00 bits per heavy atom. The van der Waals surface area contributed by atoms with E-state index in [2.05, 4.69) is 5.32 Å². The maximum absolute atomic E-state index is 11.6. The van der Waals surface area contributed by atoms with Crippen LogP contribution >= 0.6 is 0 Å². The van der Waals surface area contributed by atoms with E-state index in [0.717, 1.165) is 11.1 Å². The second-order valence-corrected chi connectivity index (χ2v) is 3.50. The quantitative estimate of drug-likeness (QED) is 0.656. The number of carbonyl (C=O) groups excluding carboxylic acids is 2. The Morgan fingerprint density at radius 3 is 2.67 bits per heavy atom. The van der Waals surface area contributed by atoms with Gasteiger partial charge in [0.15, 0.2) is 0 Å². The molecule has 0 saturated carbocycles. The predicted molar refractivity (Wildman–Crippen MR) is 56.0 cm³/mol. The fourth-order valence-electron chi connectivity index (χ4n) is 1.92. The Hall–Kier alpha value is -2.16. The summed E-state index contributed by atoms with van der Waals surface area (Å²) in [5, 5.41) is 2.56. The van der Waals surface area contributed by atoms with Crippen LogP contribution in [-0.4, -0.2) is 11.7 Å². The molecule has 2 aliphatic carbocycles. The fraction of sp³-hybridized carbons (Fsp3) is 0. The minimum atomic E-state index is -0.534. The van der Waals surface area contributed by atoms with Gasteiger partial charge in [0.2, 0.25) is 0 Å². The maximum Gasteiger partial charge on any atom is 0.296 e. The molecule has 0 unspecified atom stereocenters. The third kappa shape index (κ3) is 1.00. The molecule has 0 spiro atoms. The summed E-state index contributed by atoms with van der Waals surface area (Å²) < 4.78 is 0. The normalized spacial score (nSPS) is 14.1. The molecular formula is C12H7NO2. The van der Waals surface area contributed by atoms with Crippen molar-refractivity contribution < 1.29 is 9.59 Å². The number of anilines is 1. The molecule has 1 aliphatic heterocycles. The van der Waals surface area contributed by atoms with Crippen LogP contribution < -0.4 is 5.32 Å². The van der Waals surface area contributed by atoms with E-state index < -0.39 is 11.7 Å². The summed E-state index contributed by atoms with van der Waals surface area (Å²) in [5.74, 6) is -0.973. The molecule has 0 aromatic carbocycles. The number of Topliss-reactive ketones (excluding diaryl/α,β-unsaturated/α-hetero) is 1. The Labute approximate surface area is 86.1 Å². The SMILES string of the molecule is O=C1Nc2cc3cccccc-3c2C1=O. The maximum atomic E-state index is 11.6. The summed E-state index contributed by atoms with van der Waals surface area (Å²) in [6, 6.07) is 11.3. The van der Waals surface area contributed by atoms with Crippen molar-refractivity contribution in [3.8, 4) is 11.1 Å². The van der Waals surface area contributed by atoms with Gasteiger partial charge < -0.3 is 5.32 Å². The highest BCUT2D eigenvalue weighted by atomic mass is 16.2. The molecule has 72 valence electrons. The molecule has 3 aliphatic rings. The zero-order valence-corrected chi connectivity index (χ0v) is 7.78. The van der Waals surface area contributed by atoms with E-state index in [1.807, 2.05) is 36.4 Å². The third-order valence-electron chi connectivity index (χ3n) is 2.59. The third-order valence-corrected chi connectivity index (χ3v) is 2.59. The van der Waals surface area contributed by atoms with Crippen LogP contribution in [0.3, 0.4) is 0 Å². The van der Waals surface area contributed by atoms with E-state index in [1.165, 1.54) is 0 Å². The first-order valence-corrected chi connectivity index (χ1v) is 4.65. The topological polar surface area (TPSA) is 46.2 Å². The van der Waals surface area contributed by atoms with Crippen LogP contribution in [0, 0.1) is 0 Å². The average molecular weight is 197 g/mol. The van der Waals surface area contributed by atoms with E-state index in [9.17, 15) is 9.59 Å². The summed E-state index contributed by atoms with van der Waals surface area (Å²) in [5.41, 5.74) is 2.94. The molecule has 0 bridgehead atoms. The molecular weight excluding hydrogens is 190 g/mol. The fourth-order valence-corrected chi connectivity index (χ4v) is 1.92. The van der Waals surface area contributed by atoms with E-state index in [0.29, 0.717) is 11.3 Å². The van der Waals surface area contributed by atoms with Crippen LogP contribution in [0.5, 0.6) is 0 Å². The highest BCUT2D eigenvalue weighted by Gasteiger charge is 2.32. The van der Waals surface area contributed by atoms with E-state index in [1.54, 1.807) is 0 Å². The summed E-state index contributed by atoms with van der Waals surface area (Å²) in [6.45, 7) is 0. The highest BCUT2D eigenvalue weighted by molar-refractivity contribution is 6.53. The molecule has 3 rings (SSSR count). The highest BCUT2D eigenvalue weighted by Crippen LogP contribution is 2.37. The summed E-state index contributed by atoms with van der Waals surface area (Å²) in [6.07, 6.45) is 0. The van der Waals surface area contributed by atoms with E-state index >= 15 is 0 Å². The second kappa shape index (κ2) is 2.67. The van der Waals surface area contributed by atoms with Crippen molar-refractivity contribution in [1.82, 2.24) is 0 Å². The molecule has 0 radical (unpaired) electrons. The molecule has 0 atom stereocenters. The summed E-state index contributed by atoms with van der Waals surface area (Å²) in [7, 11) is 0. The van der Waals surface area contributed by atoms with Gasteiger partial charge in [0.25, 0.3) is 11.7 Å². The van der Waals surface area contributed by atoms with E-state index in [4.69, 9.17) is 0 Å². The van der Waals surface area contributed by atoms with Crippen LogP contribution in [0.2, 0.25) is 0 Å². The number of ketones is 1. The molecule has 0 aromatic rings. The van der Waals surface area contributed by atoms with E-state index in [-0.39, 0.29) is 0 Å². The van der Waals surface area contributed by atoms with Gasteiger partial charge >= 0.3 is 0 Å². The van der Waals surface area contributed by atoms with Crippen molar-refractivity contribution in [2.45, 2.75) is 0 Å². The Kier molecular flexibility index (Phi) is 1.45. The van der Waals surface area contributed by atoms with Crippen molar-refractivity contribution in [2.24, 2.45) is 0 Å². The monoisotopic (exact) mass is 197 g/mol. The number of hydrogen-bond acceptors (Lipinski definition) is 2. The summed E-state index contributed by atoms with van der Waals surface area (Å²) in [4.78, 5) is 22.7. The minimum absolute atomic E-state index is 0.439. The number of fused-ring (bicyclic) bond motifs is 3.